The first-order valence-corrected chi connectivity index (χ1v) is 14.1. The molecule has 1 aliphatic rings. The van der Waals surface area contributed by atoms with Crippen molar-refractivity contribution in [3.63, 3.8) is 0 Å². The first-order chi connectivity index (χ1) is 18.2. The largest absolute Gasteiger partial charge is 0.492 e. The van der Waals surface area contributed by atoms with Gasteiger partial charge in [-0.25, -0.2) is 4.39 Å². The standard InChI is InChI=1S/C27H21Cl2FINO5S/c1-2-35-23-13-17(12-22(31)25(23)37-15-16-3-8-20(28)21(29)11-16)14-24-26(33)32(27(34)38-24)9-10-36-19-6-4-18(30)5-7-19/h3-8,11-14H,2,9-10,15H2,1H3/b24-14-. The van der Waals surface area contributed by atoms with Crippen molar-refractivity contribution >= 4 is 74.8 Å². The van der Waals surface area contributed by atoms with Gasteiger partial charge in [0.2, 0.25) is 0 Å². The molecule has 0 bridgehead atoms. The fraction of sp³-hybridized carbons (Fsp3) is 0.185. The number of hydrogen-bond acceptors (Lipinski definition) is 6. The van der Waals surface area contributed by atoms with Crippen molar-refractivity contribution in [2.45, 2.75) is 13.5 Å². The second-order valence-electron chi connectivity index (χ2n) is 7.94. The number of thioether (sulfide) groups is 1. The fourth-order valence-electron chi connectivity index (χ4n) is 3.49. The molecule has 1 fully saturated rings. The van der Waals surface area contributed by atoms with E-state index in [1.54, 1.807) is 24.3 Å². The van der Waals surface area contributed by atoms with Crippen LogP contribution in [0.2, 0.25) is 10.0 Å². The third-order valence-electron chi connectivity index (χ3n) is 5.27. The zero-order chi connectivity index (χ0) is 27.2. The van der Waals surface area contributed by atoms with Crippen LogP contribution in [0.4, 0.5) is 9.18 Å². The van der Waals surface area contributed by atoms with Gasteiger partial charge >= 0.3 is 0 Å². The summed E-state index contributed by atoms with van der Waals surface area (Å²) in [6.45, 7) is 2.69. The third-order valence-corrected chi connectivity index (χ3v) is 7.72. The van der Waals surface area contributed by atoms with E-state index in [0.29, 0.717) is 44.4 Å². The normalized spacial score (nSPS) is 14.3. The van der Waals surface area contributed by atoms with E-state index < -0.39 is 5.91 Å². The number of amides is 2. The van der Waals surface area contributed by atoms with Crippen LogP contribution in [0.3, 0.4) is 0 Å². The highest BCUT2D eigenvalue weighted by Crippen LogP contribution is 2.38. The fourth-order valence-corrected chi connectivity index (χ4v) is 5.46. The van der Waals surface area contributed by atoms with Gasteiger partial charge in [0.25, 0.3) is 11.1 Å². The monoisotopic (exact) mass is 687 g/mol. The third kappa shape index (κ3) is 7.13. The Hall–Kier alpha value is -2.47. The summed E-state index contributed by atoms with van der Waals surface area (Å²) in [5, 5.41) is 0.526. The molecule has 0 radical (unpaired) electrons. The van der Waals surface area contributed by atoms with Gasteiger partial charge in [-0.2, -0.15) is 0 Å². The van der Waals surface area contributed by atoms with Gasteiger partial charge in [0, 0.05) is 0 Å². The summed E-state index contributed by atoms with van der Waals surface area (Å²) in [6.07, 6.45) is 1.65. The lowest BCUT2D eigenvalue weighted by atomic mass is 10.1. The first kappa shape index (κ1) is 28.5. The van der Waals surface area contributed by atoms with Gasteiger partial charge in [-0.1, -0.05) is 29.3 Å². The maximum Gasteiger partial charge on any atom is 0.293 e. The topological polar surface area (TPSA) is 65.1 Å². The Kier molecular flexibility index (Phi) is 9.80. The summed E-state index contributed by atoms with van der Waals surface area (Å²) in [5.41, 5.74) is 1.53. The molecule has 2 amide bonds. The van der Waals surface area contributed by atoms with Gasteiger partial charge < -0.3 is 14.2 Å². The van der Waals surface area contributed by atoms with Crippen molar-refractivity contribution in [3.8, 4) is 17.2 Å². The molecular weight excluding hydrogens is 667 g/mol. The number of carbonyl (C=O) groups excluding carboxylic acids is 2. The van der Waals surface area contributed by atoms with E-state index in [1.165, 1.54) is 24.3 Å². The molecule has 0 N–H and O–H groups in total. The number of nitrogens with zero attached hydrogens (tertiary/aromatic N) is 1. The molecule has 38 heavy (non-hydrogen) atoms. The maximum atomic E-state index is 13.0. The smallest absolute Gasteiger partial charge is 0.293 e. The Bertz CT molecular complexity index is 1390. The van der Waals surface area contributed by atoms with Crippen LogP contribution in [0.1, 0.15) is 18.1 Å². The van der Waals surface area contributed by atoms with Crippen LogP contribution >= 0.6 is 57.6 Å². The first-order valence-electron chi connectivity index (χ1n) is 11.4. The predicted octanol–water partition coefficient (Wildman–Crippen LogP) is 7.83. The summed E-state index contributed by atoms with van der Waals surface area (Å²) in [4.78, 5) is 26.8. The SMILES string of the molecule is CCOc1cc(/C=C2\SC(=O)N(CCOc3ccc(F)cc3)C2=O)cc(I)c1OCc1ccc(Cl)c(Cl)c1. The molecule has 0 aromatic heterocycles. The lowest BCUT2D eigenvalue weighted by molar-refractivity contribution is -0.123. The molecule has 3 aromatic carbocycles. The van der Waals surface area contributed by atoms with Crippen LogP contribution in [-0.2, 0) is 11.4 Å². The van der Waals surface area contributed by atoms with E-state index in [0.717, 1.165) is 25.8 Å². The minimum atomic E-state index is -0.407. The number of carbonyl (C=O) groups is 2. The molecule has 0 atom stereocenters. The lowest BCUT2D eigenvalue weighted by Crippen LogP contribution is -2.32. The van der Waals surface area contributed by atoms with Gasteiger partial charge in [0.05, 0.1) is 31.7 Å². The van der Waals surface area contributed by atoms with Crippen molar-refractivity contribution in [3.05, 3.63) is 90.1 Å². The average molecular weight is 688 g/mol. The number of hydrogen-bond donors (Lipinski definition) is 0. The number of ether oxygens (including phenoxy) is 3. The van der Waals surface area contributed by atoms with E-state index in [9.17, 15) is 14.0 Å². The van der Waals surface area contributed by atoms with Crippen molar-refractivity contribution in [2.75, 3.05) is 19.8 Å². The average Bonchev–Trinajstić information content (AvgIpc) is 3.14. The molecule has 0 saturated carbocycles. The minimum Gasteiger partial charge on any atom is -0.492 e. The van der Waals surface area contributed by atoms with Gasteiger partial charge in [-0.05, 0) is 107 Å². The number of rotatable bonds is 10. The van der Waals surface area contributed by atoms with E-state index in [1.807, 2.05) is 19.1 Å². The molecule has 0 unspecified atom stereocenters. The van der Waals surface area contributed by atoms with E-state index >= 15 is 0 Å². The summed E-state index contributed by atoms with van der Waals surface area (Å²) in [6, 6.07) is 14.4. The van der Waals surface area contributed by atoms with Crippen molar-refractivity contribution < 1.29 is 28.2 Å². The zero-order valence-corrected chi connectivity index (χ0v) is 24.5. The highest BCUT2D eigenvalue weighted by molar-refractivity contribution is 14.1. The second-order valence-corrected chi connectivity index (χ2v) is 10.9. The molecule has 0 spiro atoms. The summed E-state index contributed by atoms with van der Waals surface area (Å²) >= 11 is 15.1. The Morgan fingerprint density at radius 3 is 2.47 bits per heavy atom. The molecule has 0 aliphatic carbocycles. The van der Waals surface area contributed by atoms with Gasteiger partial charge in [0.15, 0.2) is 11.5 Å². The highest BCUT2D eigenvalue weighted by Gasteiger charge is 2.35. The maximum absolute atomic E-state index is 13.0. The second kappa shape index (κ2) is 13.1. The van der Waals surface area contributed by atoms with Crippen LogP contribution in [0.15, 0.2) is 59.5 Å². The van der Waals surface area contributed by atoms with Gasteiger partial charge in [0.1, 0.15) is 24.8 Å². The van der Waals surface area contributed by atoms with Crippen molar-refractivity contribution in [1.82, 2.24) is 4.90 Å². The van der Waals surface area contributed by atoms with Crippen LogP contribution in [0.25, 0.3) is 6.08 Å². The highest BCUT2D eigenvalue weighted by atomic mass is 127. The van der Waals surface area contributed by atoms with Crippen molar-refractivity contribution in [1.29, 1.82) is 0 Å². The summed E-state index contributed by atoms with van der Waals surface area (Å²) in [5.74, 6) is 0.741. The van der Waals surface area contributed by atoms with Crippen LogP contribution < -0.4 is 14.2 Å². The number of imide groups is 1. The molecule has 4 rings (SSSR count). The van der Waals surface area contributed by atoms with Gasteiger partial charge in [-0.15, -0.1) is 0 Å². The molecule has 1 aliphatic heterocycles. The molecule has 1 saturated heterocycles. The van der Waals surface area contributed by atoms with Crippen LogP contribution in [0, 0.1) is 9.39 Å². The molecule has 198 valence electrons. The van der Waals surface area contributed by atoms with Gasteiger partial charge in [-0.3, -0.25) is 14.5 Å². The number of benzene rings is 3. The van der Waals surface area contributed by atoms with Crippen LogP contribution in [-0.4, -0.2) is 35.8 Å². The summed E-state index contributed by atoms with van der Waals surface area (Å²) < 4.78 is 31.2. The van der Waals surface area contributed by atoms with Crippen molar-refractivity contribution in [2.24, 2.45) is 0 Å². The molecule has 3 aromatic rings. The lowest BCUT2D eigenvalue weighted by Gasteiger charge is -2.15. The molecule has 1 heterocycles. The Morgan fingerprint density at radius 1 is 1.00 bits per heavy atom. The molecule has 6 nitrogen and oxygen atoms in total. The predicted molar refractivity (Wildman–Crippen MR) is 156 cm³/mol. The summed E-state index contributed by atoms with van der Waals surface area (Å²) in [7, 11) is 0. The Labute approximate surface area is 247 Å². The number of halogens is 4. The Morgan fingerprint density at radius 2 is 1.76 bits per heavy atom. The quantitative estimate of drug-likeness (QED) is 0.160. The molecule has 11 heteroatoms. The minimum absolute atomic E-state index is 0.0720. The van der Waals surface area contributed by atoms with E-state index in [4.69, 9.17) is 37.4 Å². The van der Waals surface area contributed by atoms with E-state index in [2.05, 4.69) is 22.6 Å². The molecular formula is C27H21Cl2FINO5S. The zero-order valence-electron chi connectivity index (χ0n) is 20.0. The van der Waals surface area contributed by atoms with E-state index in [-0.39, 0.29) is 30.8 Å². The van der Waals surface area contributed by atoms with Crippen LogP contribution in [0.5, 0.6) is 17.2 Å². The Balaban J connectivity index is 1.46.